The average Bonchev–Trinajstić information content (AvgIpc) is 2.75. The molecule has 2 atom stereocenters. The number of carboxylic acids is 1. The molecule has 3 N–H and O–H groups in total. The molecule has 31 heavy (non-hydrogen) atoms. The van der Waals surface area contributed by atoms with E-state index < -0.39 is 24.0 Å². The molecule has 1 amide bonds. The fraction of sp³-hybridized carbons (Fsp3) is 0.273. The van der Waals surface area contributed by atoms with Crippen molar-refractivity contribution in [1.82, 2.24) is 5.32 Å². The summed E-state index contributed by atoms with van der Waals surface area (Å²) >= 11 is 0. The molecule has 0 heterocycles. The Labute approximate surface area is 178 Å². The van der Waals surface area contributed by atoms with Crippen LogP contribution in [0.4, 0.5) is 5.69 Å². The molecule has 162 valence electrons. The van der Waals surface area contributed by atoms with Crippen LogP contribution in [-0.4, -0.2) is 52.7 Å². The van der Waals surface area contributed by atoms with Crippen LogP contribution in [-0.2, 0) is 14.4 Å². The van der Waals surface area contributed by atoms with Crippen molar-refractivity contribution in [3.05, 3.63) is 59.7 Å². The van der Waals surface area contributed by atoms with E-state index >= 15 is 0 Å². The fourth-order valence-corrected chi connectivity index (χ4v) is 2.67. The highest BCUT2D eigenvalue weighted by Gasteiger charge is 2.24. The van der Waals surface area contributed by atoms with Crippen LogP contribution in [0.2, 0.25) is 0 Å². The first-order valence-electron chi connectivity index (χ1n) is 9.47. The number of hydrogen-bond donors (Lipinski definition) is 3. The average molecular weight is 426 g/mol. The first-order chi connectivity index (χ1) is 14.8. The Kier molecular flexibility index (Phi) is 8.63. The van der Waals surface area contributed by atoms with Gasteiger partial charge in [0.15, 0.2) is 11.8 Å². The molecule has 0 spiro atoms. The molecular formula is C22H22N2O7. The molecule has 9 heteroatoms. The summed E-state index contributed by atoms with van der Waals surface area (Å²) in [5.74, 6) is -1.49. The van der Waals surface area contributed by atoms with E-state index in [9.17, 15) is 24.3 Å². The molecule has 2 unspecified atom stereocenters. The Morgan fingerprint density at radius 3 is 2.16 bits per heavy atom. The van der Waals surface area contributed by atoms with Gasteiger partial charge < -0.3 is 20.3 Å². The molecule has 2 aromatic carbocycles. The number of ether oxygens (including phenoxy) is 1. The molecule has 0 bridgehead atoms. The zero-order valence-corrected chi connectivity index (χ0v) is 16.8. The summed E-state index contributed by atoms with van der Waals surface area (Å²) < 4.78 is 5.53. The van der Waals surface area contributed by atoms with Crippen LogP contribution in [0, 0.1) is 0 Å². The normalized spacial score (nSPS) is 12.2. The lowest BCUT2D eigenvalue weighted by atomic mass is 10.0. The van der Waals surface area contributed by atoms with Crippen molar-refractivity contribution in [2.75, 3.05) is 6.61 Å². The van der Waals surface area contributed by atoms with Crippen molar-refractivity contribution >= 4 is 29.4 Å². The molecule has 0 aliphatic rings. The number of nitrogens with one attached hydrogen (secondary N) is 1. The van der Waals surface area contributed by atoms with Gasteiger partial charge in [-0.2, -0.15) is 4.99 Å². The Hall–Kier alpha value is -3.81. The van der Waals surface area contributed by atoms with Gasteiger partial charge >= 0.3 is 5.97 Å². The van der Waals surface area contributed by atoms with E-state index in [1.165, 1.54) is 13.0 Å². The number of isocyanates is 1. The monoisotopic (exact) mass is 426 g/mol. The second kappa shape index (κ2) is 11.4. The number of hydrogen-bond acceptors (Lipinski definition) is 7. The minimum absolute atomic E-state index is 0.0389. The van der Waals surface area contributed by atoms with Crippen molar-refractivity contribution in [3.8, 4) is 5.75 Å². The third-order valence-electron chi connectivity index (χ3n) is 4.30. The van der Waals surface area contributed by atoms with E-state index in [4.69, 9.17) is 9.84 Å². The number of carboxylic acid groups (broad SMARTS) is 1. The number of nitrogens with zero attached hydrogens (tertiary/aromatic N) is 1. The Morgan fingerprint density at radius 2 is 1.65 bits per heavy atom. The Bertz CT molecular complexity index is 962. The molecule has 0 radical (unpaired) electrons. The van der Waals surface area contributed by atoms with Gasteiger partial charge in [0.2, 0.25) is 12.0 Å². The summed E-state index contributed by atoms with van der Waals surface area (Å²) in [4.78, 5) is 48.9. The number of carbonyl (C=O) groups excluding carboxylic acids is 3. The molecule has 0 saturated heterocycles. The molecule has 9 nitrogen and oxygen atoms in total. The number of aliphatic imine (C=N–C) groups is 1. The van der Waals surface area contributed by atoms with E-state index in [0.717, 1.165) is 0 Å². The Balaban J connectivity index is 1.82. The Morgan fingerprint density at radius 1 is 1.06 bits per heavy atom. The molecule has 0 aliphatic heterocycles. The SMILES string of the molecule is CC(O)C(NC(=O)CCCOc1ccc(C(=O)c2ccc(N=C=O)cc2)cc1)C(=O)O. The number of benzene rings is 2. The second-order valence-corrected chi connectivity index (χ2v) is 6.68. The van der Waals surface area contributed by atoms with Gasteiger partial charge in [-0.15, -0.1) is 0 Å². The number of amides is 1. The molecular weight excluding hydrogens is 404 g/mol. The van der Waals surface area contributed by atoms with Crippen LogP contribution >= 0.6 is 0 Å². The van der Waals surface area contributed by atoms with Gasteiger partial charge in [0.1, 0.15) is 5.75 Å². The van der Waals surface area contributed by atoms with E-state index in [1.54, 1.807) is 48.5 Å². The topological polar surface area (TPSA) is 142 Å². The van der Waals surface area contributed by atoms with E-state index in [2.05, 4.69) is 10.3 Å². The predicted octanol–water partition coefficient (Wildman–Crippen LogP) is 1.99. The fourth-order valence-electron chi connectivity index (χ4n) is 2.67. The summed E-state index contributed by atoms with van der Waals surface area (Å²) in [6, 6.07) is 11.4. The number of carbonyl (C=O) groups is 3. The zero-order valence-electron chi connectivity index (χ0n) is 16.8. The predicted molar refractivity (Wildman–Crippen MR) is 110 cm³/mol. The highest BCUT2D eigenvalue weighted by atomic mass is 16.5. The largest absolute Gasteiger partial charge is 0.494 e. The molecule has 2 aromatic rings. The van der Waals surface area contributed by atoms with E-state index in [1.807, 2.05) is 0 Å². The van der Waals surface area contributed by atoms with Crippen molar-refractivity contribution in [2.45, 2.75) is 31.9 Å². The smallest absolute Gasteiger partial charge is 0.328 e. The summed E-state index contributed by atoms with van der Waals surface area (Å²) in [6.45, 7) is 1.50. The second-order valence-electron chi connectivity index (χ2n) is 6.68. The van der Waals surface area contributed by atoms with Gasteiger partial charge in [0.05, 0.1) is 18.4 Å². The lowest BCUT2D eigenvalue weighted by Crippen LogP contribution is -2.47. The molecule has 0 aliphatic carbocycles. The minimum atomic E-state index is -1.35. The number of ketones is 1. The van der Waals surface area contributed by atoms with Crippen molar-refractivity contribution < 1.29 is 34.1 Å². The third-order valence-corrected chi connectivity index (χ3v) is 4.30. The van der Waals surface area contributed by atoms with E-state index in [-0.39, 0.29) is 18.8 Å². The van der Waals surface area contributed by atoms with E-state index in [0.29, 0.717) is 29.0 Å². The number of rotatable bonds is 11. The highest BCUT2D eigenvalue weighted by Crippen LogP contribution is 2.18. The standard InChI is InChI=1S/C22H22N2O7/c1-14(26)20(22(29)30)24-19(27)3-2-12-31-18-10-6-16(7-11-18)21(28)15-4-8-17(9-5-15)23-13-25/h4-11,14,20,26H,2-3,12H2,1H3,(H,24,27)(H,29,30). The molecule has 0 saturated carbocycles. The van der Waals surface area contributed by atoms with Crippen molar-refractivity contribution in [3.63, 3.8) is 0 Å². The van der Waals surface area contributed by atoms with Crippen LogP contribution in [0.15, 0.2) is 53.5 Å². The zero-order chi connectivity index (χ0) is 22.8. The summed E-state index contributed by atoms with van der Waals surface area (Å²) in [5, 5.41) is 20.6. The van der Waals surface area contributed by atoms with Gasteiger partial charge in [-0.1, -0.05) is 0 Å². The molecule has 0 aromatic heterocycles. The van der Waals surface area contributed by atoms with Crippen LogP contribution in [0.1, 0.15) is 35.7 Å². The van der Waals surface area contributed by atoms with Crippen LogP contribution in [0.25, 0.3) is 0 Å². The van der Waals surface area contributed by atoms with Crippen LogP contribution < -0.4 is 10.1 Å². The maximum Gasteiger partial charge on any atom is 0.328 e. The number of aliphatic hydroxyl groups excluding tert-OH is 1. The maximum atomic E-state index is 12.5. The summed E-state index contributed by atoms with van der Waals surface area (Å²) in [6.07, 6.45) is 0.609. The van der Waals surface area contributed by atoms with Gasteiger partial charge in [-0.25, -0.2) is 9.59 Å². The maximum absolute atomic E-state index is 12.5. The third kappa shape index (κ3) is 7.18. The molecule has 0 fully saturated rings. The lowest BCUT2D eigenvalue weighted by molar-refractivity contribution is -0.144. The van der Waals surface area contributed by atoms with Gasteiger partial charge in [-0.05, 0) is 61.9 Å². The number of aliphatic carboxylic acids is 1. The minimum Gasteiger partial charge on any atom is -0.494 e. The van der Waals surface area contributed by atoms with Crippen molar-refractivity contribution in [1.29, 1.82) is 0 Å². The van der Waals surface area contributed by atoms with Crippen molar-refractivity contribution in [2.24, 2.45) is 4.99 Å². The first-order valence-corrected chi connectivity index (χ1v) is 9.47. The summed E-state index contributed by atoms with van der Waals surface area (Å²) in [5.41, 5.74) is 1.31. The van der Waals surface area contributed by atoms with Gasteiger partial charge in [0.25, 0.3) is 0 Å². The molecule has 2 rings (SSSR count). The summed E-state index contributed by atoms with van der Waals surface area (Å²) in [7, 11) is 0. The van der Waals surface area contributed by atoms with Gasteiger partial charge in [-0.3, -0.25) is 9.59 Å². The lowest BCUT2D eigenvalue weighted by Gasteiger charge is -2.16. The quantitative estimate of drug-likeness (QED) is 0.216. The van der Waals surface area contributed by atoms with Crippen LogP contribution in [0.5, 0.6) is 5.75 Å². The first kappa shape index (κ1) is 23.5. The number of aliphatic hydroxyl groups is 1. The highest BCUT2D eigenvalue weighted by molar-refractivity contribution is 6.09. The van der Waals surface area contributed by atoms with Gasteiger partial charge in [0, 0.05) is 17.5 Å². The van der Waals surface area contributed by atoms with Crippen LogP contribution in [0.3, 0.4) is 0 Å².